The molecule has 244 valence electrons. The number of aryl methyl sites for hydroxylation is 1. The molecule has 52 heavy (non-hydrogen) atoms. The Bertz CT molecular complexity index is 2710. The van der Waals surface area contributed by atoms with Gasteiger partial charge in [-0.25, -0.2) is 9.97 Å². The van der Waals surface area contributed by atoms with Crippen LogP contribution >= 0.6 is 0 Å². The van der Waals surface area contributed by atoms with E-state index in [1.165, 1.54) is 49.7 Å². The number of allylic oxidation sites excluding steroid dienone is 1. The van der Waals surface area contributed by atoms with E-state index in [0.717, 1.165) is 58.0 Å². The zero-order valence-electron chi connectivity index (χ0n) is 28.4. The van der Waals surface area contributed by atoms with Crippen LogP contribution in [0.25, 0.3) is 61.9 Å². The second-order valence-electron chi connectivity index (χ2n) is 13.9. The number of ether oxygens (including phenoxy) is 1. The Labute approximate surface area is 302 Å². The molecule has 1 spiro atoms. The van der Waals surface area contributed by atoms with Gasteiger partial charge in [0.15, 0.2) is 5.82 Å². The molecule has 0 saturated carbocycles. The number of rotatable bonds is 3. The average Bonchev–Trinajstić information content (AvgIpc) is 3.53. The molecule has 11 rings (SSSR count). The second-order valence-corrected chi connectivity index (χ2v) is 13.9. The lowest BCUT2D eigenvalue weighted by Gasteiger charge is -2.40. The first-order chi connectivity index (χ1) is 25.8. The SMILES string of the molecule is C1=Cc2c3c(c4ccccc4c2CC1)C1(c2ccccc2Oc2cc(-c4cc(-c5ccccc5)nc(-c5ccccc5)n4)ccc21)c1ccccc1-3. The van der Waals surface area contributed by atoms with E-state index in [-0.39, 0.29) is 0 Å². The first kappa shape index (κ1) is 29.2. The van der Waals surface area contributed by atoms with Crippen LogP contribution in [-0.2, 0) is 11.8 Å². The maximum Gasteiger partial charge on any atom is 0.160 e. The molecule has 2 heterocycles. The predicted octanol–water partition coefficient (Wildman–Crippen LogP) is 12.1. The number of aromatic nitrogens is 2. The number of benzene rings is 7. The molecule has 1 aromatic heterocycles. The smallest absolute Gasteiger partial charge is 0.160 e. The third-order valence-electron chi connectivity index (χ3n) is 11.2. The average molecular weight is 665 g/mol. The summed E-state index contributed by atoms with van der Waals surface area (Å²) in [7, 11) is 0. The number of hydrogen-bond donors (Lipinski definition) is 0. The number of nitrogens with zero attached hydrogens (tertiary/aromatic N) is 2. The molecule has 0 radical (unpaired) electrons. The van der Waals surface area contributed by atoms with Crippen molar-refractivity contribution in [3.05, 3.63) is 197 Å². The Kier molecular flexibility index (Phi) is 6.29. The highest BCUT2D eigenvalue weighted by atomic mass is 16.5. The van der Waals surface area contributed by atoms with E-state index >= 15 is 0 Å². The van der Waals surface area contributed by atoms with Crippen molar-refractivity contribution in [1.29, 1.82) is 0 Å². The predicted molar refractivity (Wildman–Crippen MR) is 211 cm³/mol. The van der Waals surface area contributed by atoms with E-state index in [4.69, 9.17) is 14.7 Å². The fourth-order valence-electron chi connectivity index (χ4n) is 9.08. The van der Waals surface area contributed by atoms with Crippen LogP contribution in [0.1, 0.15) is 39.8 Å². The Morgan fingerprint density at radius 2 is 1.17 bits per heavy atom. The van der Waals surface area contributed by atoms with Gasteiger partial charge in [0.05, 0.1) is 16.8 Å². The third kappa shape index (κ3) is 4.08. The van der Waals surface area contributed by atoms with Crippen LogP contribution in [0.15, 0.2) is 164 Å². The van der Waals surface area contributed by atoms with Crippen LogP contribution in [0.4, 0.5) is 0 Å². The molecule has 2 aliphatic carbocycles. The summed E-state index contributed by atoms with van der Waals surface area (Å²) in [6.07, 6.45) is 6.83. The molecule has 0 N–H and O–H groups in total. The first-order valence-corrected chi connectivity index (χ1v) is 18.1. The maximum atomic E-state index is 6.95. The Balaban J connectivity index is 1.20. The second kappa shape index (κ2) is 11.2. The lowest BCUT2D eigenvalue weighted by atomic mass is 9.64. The Morgan fingerprint density at radius 3 is 2.00 bits per heavy atom. The van der Waals surface area contributed by atoms with Gasteiger partial charge in [0.1, 0.15) is 11.5 Å². The minimum atomic E-state index is -0.579. The van der Waals surface area contributed by atoms with Crippen LogP contribution in [0.3, 0.4) is 0 Å². The van der Waals surface area contributed by atoms with Crippen molar-refractivity contribution in [3.63, 3.8) is 0 Å². The van der Waals surface area contributed by atoms with Crippen molar-refractivity contribution < 1.29 is 4.74 Å². The summed E-state index contributed by atoms with van der Waals surface area (Å²) in [5, 5.41) is 2.66. The van der Waals surface area contributed by atoms with Crippen molar-refractivity contribution in [2.45, 2.75) is 18.3 Å². The van der Waals surface area contributed by atoms with Gasteiger partial charge in [-0.2, -0.15) is 0 Å². The van der Waals surface area contributed by atoms with Gasteiger partial charge in [0, 0.05) is 27.8 Å². The summed E-state index contributed by atoms with van der Waals surface area (Å²) < 4.78 is 6.95. The normalized spacial score (nSPS) is 16.1. The molecule has 8 aromatic rings. The quantitative estimate of drug-likeness (QED) is 0.189. The van der Waals surface area contributed by atoms with Gasteiger partial charge >= 0.3 is 0 Å². The van der Waals surface area contributed by atoms with Gasteiger partial charge in [0.2, 0.25) is 0 Å². The number of hydrogen-bond acceptors (Lipinski definition) is 3. The molecule has 3 nitrogen and oxygen atoms in total. The fraction of sp³-hybridized carbons (Fsp3) is 0.0612. The fourth-order valence-corrected chi connectivity index (χ4v) is 9.08. The molecule has 0 saturated heterocycles. The van der Waals surface area contributed by atoms with Gasteiger partial charge < -0.3 is 4.74 Å². The molecule has 0 amide bonds. The Morgan fingerprint density at radius 1 is 0.519 bits per heavy atom. The summed E-state index contributed by atoms with van der Waals surface area (Å²) in [6, 6.07) is 56.1. The summed E-state index contributed by atoms with van der Waals surface area (Å²) in [4.78, 5) is 10.2. The molecule has 3 heteroatoms. The molecule has 7 aromatic carbocycles. The van der Waals surface area contributed by atoms with Crippen LogP contribution < -0.4 is 4.74 Å². The standard InChI is InChI=1S/C49H32N2O/c1-3-15-31(16-4-1)42-30-43(51-48(50-42)32-17-5-2-6-18-32)33-27-28-41-45(29-33)52-44-26-14-13-25-40(44)49(41)39-24-12-11-23-38(39)46-36-21-9-7-19-34(36)35-20-8-10-22-37(35)47(46)49/h1-6,8-18,20-30H,7,19H2. The topological polar surface area (TPSA) is 35.0 Å². The van der Waals surface area contributed by atoms with Gasteiger partial charge in [-0.3, -0.25) is 0 Å². The van der Waals surface area contributed by atoms with E-state index < -0.39 is 5.41 Å². The van der Waals surface area contributed by atoms with Crippen LogP contribution in [0, 0.1) is 0 Å². The molecular weight excluding hydrogens is 633 g/mol. The molecular formula is C49H32N2O. The van der Waals surface area contributed by atoms with Gasteiger partial charge in [-0.1, -0.05) is 152 Å². The lowest BCUT2D eigenvalue weighted by Crippen LogP contribution is -2.32. The summed E-state index contributed by atoms with van der Waals surface area (Å²) in [5.41, 5.74) is 14.6. The summed E-state index contributed by atoms with van der Waals surface area (Å²) in [5.74, 6) is 2.42. The van der Waals surface area contributed by atoms with Crippen molar-refractivity contribution in [2.24, 2.45) is 0 Å². The summed E-state index contributed by atoms with van der Waals surface area (Å²) >= 11 is 0. The van der Waals surface area contributed by atoms with Gasteiger partial charge in [-0.05, 0) is 75.2 Å². The monoisotopic (exact) mass is 664 g/mol. The molecule has 3 aliphatic rings. The highest BCUT2D eigenvalue weighted by molar-refractivity contribution is 6.06. The van der Waals surface area contributed by atoms with E-state index in [1.54, 1.807) is 0 Å². The zero-order chi connectivity index (χ0) is 34.2. The third-order valence-corrected chi connectivity index (χ3v) is 11.2. The van der Waals surface area contributed by atoms with Crippen molar-refractivity contribution in [2.75, 3.05) is 0 Å². The Hall–Kier alpha value is -6.58. The van der Waals surface area contributed by atoms with Crippen molar-refractivity contribution in [1.82, 2.24) is 9.97 Å². The largest absolute Gasteiger partial charge is 0.457 e. The highest BCUT2D eigenvalue weighted by Gasteiger charge is 2.52. The van der Waals surface area contributed by atoms with Gasteiger partial charge in [0.25, 0.3) is 0 Å². The number of para-hydroxylation sites is 1. The zero-order valence-corrected chi connectivity index (χ0v) is 28.4. The maximum absolute atomic E-state index is 6.95. The molecule has 1 atom stereocenters. The highest BCUT2D eigenvalue weighted by Crippen LogP contribution is 2.65. The molecule has 0 bridgehead atoms. The van der Waals surface area contributed by atoms with Crippen molar-refractivity contribution >= 4 is 16.8 Å². The minimum absolute atomic E-state index is 0.579. The lowest BCUT2D eigenvalue weighted by molar-refractivity contribution is 0.437. The molecule has 0 fully saturated rings. The molecule has 1 unspecified atom stereocenters. The van der Waals surface area contributed by atoms with Crippen LogP contribution in [0.2, 0.25) is 0 Å². The van der Waals surface area contributed by atoms with E-state index in [2.05, 4.69) is 146 Å². The van der Waals surface area contributed by atoms with E-state index in [0.29, 0.717) is 5.82 Å². The van der Waals surface area contributed by atoms with E-state index in [1.807, 2.05) is 24.3 Å². The van der Waals surface area contributed by atoms with Gasteiger partial charge in [-0.15, -0.1) is 0 Å². The van der Waals surface area contributed by atoms with Crippen LogP contribution in [0.5, 0.6) is 11.5 Å². The first-order valence-electron chi connectivity index (χ1n) is 18.1. The van der Waals surface area contributed by atoms with E-state index in [9.17, 15) is 0 Å². The van der Waals surface area contributed by atoms with Crippen molar-refractivity contribution in [3.8, 4) is 56.5 Å². The van der Waals surface area contributed by atoms with Crippen LogP contribution in [-0.4, -0.2) is 9.97 Å². The number of fused-ring (bicyclic) bond motifs is 14. The minimum Gasteiger partial charge on any atom is -0.457 e. The molecule has 1 aliphatic heterocycles. The summed E-state index contributed by atoms with van der Waals surface area (Å²) in [6.45, 7) is 0.